The summed E-state index contributed by atoms with van der Waals surface area (Å²) >= 11 is 4.67. The average molecular weight is 449 g/mol. The molecule has 0 N–H and O–H groups in total. The molecular formula is C29H40N2S. The van der Waals surface area contributed by atoms with Gasteiger partial charge in [0.2, 0.25) is 0 Å². The maximum absolute atomic E-state index is 4.75. The molecule has 0 saturated heterocycles. The van der Waals surface area contributed by atoms with E-state index in [1.807, 2.05) is 24.3 Å². The van der Waals surface area contributed by atoms with Gasteiger partial charge in [-0.25, -0.2) is 0 Å². The molecule has 2 nitrogen and oxygen atoms in total. The van der Waals surface area contributed by atoms with E-state index in [9.17, 15) is 0 Å². The molecule has 3 rings (SSSR count). The summed E-state index contributed by atoms with van der Waals surface area (Å²) in [6.07, 6.45) is 21.9. The van der Waals surface area contributed by atoms with Gasteiger partial charge in [-0.2, -0.15) is 4.99 Å². The highest BCUT2D eigenvalue weighted by Crippen LogP contribution is 2.38. The minimum atomic E-state index is 0.690. The molecule has 1 aliphatic rings. The van der Waals surface area contributed by atoms with Crippen LogP contribution in [-0.4, -0.2) is 10.1 Å². The van der Waals surface area contributed by atoms with Crippen LogP contribution < -0.4 is 0 Å². The lowest BCUT2D eigenvalue weighted by atomic mass is 9.77. The number of aromatic nitrogens is 1. The monoisotopic (exact) mass is 448 g/mol. The molecule has 0 amide bonds. The Balaban J connectivity index is 1.34. The standard InChI is InChI=1S/C29H40N2S/c1-2-3-4-5-6-7-8-9-10-11-24-12-14-25(15-13-24)27-18-21-29(30-22-27)26-16-19-28(20-17-26)31-23-32/h16-22,24-25H,2-15H2,1H3. The van der Waals surface area contributed by atoms with Crippen LogP contribution in [0.2, 0.25) is 0 Å². The van der Waals surface area contributed by atoms with Gasteiger partial charge in [0.1, 0.15) is 0 Å². The highest BCUT2D eigenvalue weighted by Gasteiger charge is 2.22. The predicted molar refractivity (Wildman–Crippen MR) is 141 cm³/mol. The summed E-state index contributed by atoms with van der Waals surface area (Å²) in [4.78, 5) is 8.76. The van der Waals surface area contributed by atoms with Crippen LogP contribution in [0.25, 0.3) is 11.3 Å². The highest BCUT2D eigenvalue weighted by molar-refractivity contribution is 7.78. The first-order chi connectivity index (χ1) is 15.8. The molecule has 0 atom stereocenters. The van der Waals surface area contributed by atoms with Crippen molar-refractivity contribution in [2.75, 3.05) is 0 Å². The number of unbranched alkanes of at least 4 members (excludes halogenated alkanes) is 8. The zero-order valence-corrected chi connectivity index (χ0v) is 20.7. The summed E-state index contributed by atoms with van der Waals surface area (Å²) in [5, 5.41) is 2.41. The van der Waals surface area contributed by atoms with Crippen molar-refractivity contribution >= 4 is 23.1 Å². The van der Waals surface area contributed by atoms with Crippen LogP contribution in [0.15, 0.2) is 47.6 Å². The molecular weight excluding hydrogens is 408 g/mol. The fraction of sp³-hybridized carbons (Fsp3) is 0.586. The van der Waals surface area contributed by atoms with Crippen LogP contribution in [0.1, 0.15) is 108 Å². The Morgan fingerprint density at radius 1 is 0.844 bits per heavy atom. The van der Waals surface area contributed by atoms with Crippen LogP contribution in [-0.2, 0) is 0 Å². The van der Waals surface area contributed by atoms with E-state index in [1.54, 1.807) is 0 Å². The minimum absolute atomic E-state index is 0.690. The Labute approximate surface area is 201 Å². The fourth-order valence-electron chi connectivity index (χ4n) is 5.11. The van der Waals surface area contributed by atoms with Crippen molar-refractivity contribution in [3.05, 3.63) is 48.2 Å². The van der Waals surface area contributed by atoms with Gasteiger partial charge in [-0.1, -0.05) is 89.3 Å². The number of pyridine rings is 1. The molecule has 3 heteroatoms. The third-order valence-corrected chi connectivity index (χ3v) is 7.25. The minimum Gasteiger partial charge on any atom is -0.256 e. The summed E-state index contributed by atoms with van der Waals surface area (Å²) in [5.41, 5.74) is 4.38. The fourth-order valence-corrected chi connectivity index (χ4v) is 5.21. The van der Waals surface area contributed by atoms with Crippen LogP contribution in [0.3, 0.4) is 0 Å². The first-order valence-electron chi connectivity index (χ1n) is 12.9. The molecule has 0 aliphatic heterocycles. The molecule has 0 bridgehead atoms. The number of hydrogen-bond acceptors (Lipinski definition) is 3. The number of nitrogens with zero attached hydrogens (tertiary/aromatic N) is 2. The van der Waals surface area contributed by atoms with E-state index in [2.05, 4.69) is 47.6 Å². The Kier molecular flexibility index (Phi) is 11.1. The second-order valence-electron chi connectivity index (χ2n) is 9.56. The lowest BCUT2D eigenvalue weighted by molar-refractivity contribution is 0.301. The van der Waals surface area contributed by atoms with Crippen molar-refractivity contribution in [3.63, 3.8) is 0 Å². The van der Waals surface area contributed by atoms with Crippen molar-refractivity contribution in [1.29, 1.82) is 0 Å². The third-order valence-electron chi connectivity index (χ3n) is 7.16. The molecule has 32 heavy (non-hydrogen) atoms. The first-order valence-corrected chi connectivity index (χ1v) is 13.3. The van der Waals surface area contributed by atoms with Gasteiger partial charge >= 0.3 is 0 Å². The molecule has 1 aromatic carbocycles. The smallest absolute Gasteiger partial charge is 0.0740 e. The SMILES string of the molecule is CCCCCCCCCCCC1CCC(c2ccc(-c3ccc(N=C=S)cc3)nc2)CC1. The summed E-state index contributed by atoms with van der Waals surface area (Å²) in [5.74, 6) is 1.65. The zero-order chi connectivity index (χ0) is 22.4. The van der Waals surface area contributed by atoms with Gasteiger partial charge in [0.25, 0.3) is 0 Å². The van der Waals surface area contributed by atoms with Crippen LogP contribution in [0, 0.1) is 5.92 Å². The van der Waals surface area contributed by atoms with E-state index in [4.69, 9.17) is 4.98 Å². The second kappa shape index (κ2) is 14.3. The Morgan fingerprint density at radius 2 is 1.50 bits per heavy atom. The van der Waals surface area contributed by atoms with E-state index < -0.39 is 0 Å². The van der Waals surface area contributed by atoms with Crippen molar-refractivity contribution in [2.24, 2.45) is 10.9 Å². The summed E-state index contributed by atoms with van der Waals surface area (Å²) < 4.78 is 0. The van der Waals surface area contributed by atoms with Crippen LogP contribution >= 0.6 is 12.2 Å². The van der Waals surface area contributed by atoms with E-state index in [0.717, 1.165) is 22.9 Å². The summed E-state index contributed by atoms with van der Waals surface area (Å²) in [6, 6.07) is 12.5. The number of hydrogen-bond donors (Lipinski definition) is 0. The van der Waals surface area contributed by atoms with Gasteiger partial charge in [0.05, 0.1) is 16.5 Å². The third kappa shape index (κ3) is 8.26. The number of aliphatic imine (C=N–C) groups is 1. The van der Waals surface area contributed by atoms with Crippen molar-refractivity contribution < 1.29 is 0 Å². The number of rotatable bonds is 13. The highest BCUT2D eigenvalue weighted by atomic mass is 32.1. The number of thiocarbonyl (C=S) groups is 1. The maximum atomic E-state index is 4.75. The molecule has 1 saturated carbocycles. The van der Waals surface area contributed by atoms with E-state index in [0.29, 0.717) is 5.92 Å². The topological polar surface area (TPSA) is 25.2 Å². The van der Waals surface area contributed by atoms with Gasteiger partial charge in [-0.3, -0.25) is 4.98 Å². The van der Waals surface area contributed by atoms with Crippen molar-refractivity contribution in [2.45, 2.75) is 103 Å². The molecule has 2 aromatic rings. The normalized spacial score (nSPS) is 18.3. The van der Waals surface area contributed by atoms with Gasteiger partial charge in [0.15, 0.2) is 0 Å². The molecule has 1 aliphatic carbocycles. The molecule has 1 heterocycles. The second-order valence-corrected chi connectivity index (χ2v) is 9.74. The Morgan fingerprint density at radius 3 is 2.09 bits per heavy atom. The number of isothiocyanates is 1. The zero-order valence-electron chi connectivity index (χ0n) is 19.9. The number of benzene rings is 1. The molecule has 172 valence electrons. The van der Waals surface area contributed by atoms with E-state index in [-0.39, 0.29) is 0 Å². The molecule has 1 fully saturated rings. The lowest BCUT2D eigenvalue weighted by Crippen LogP contribution is -2.13. The Bertz CT molecular complexity index is 813. The molecule has 0 spiro atoms. The largest absolute Gasteiger partial charge is 0.256 e. The van der Waals surface area contributed by atoms with Crippen LogP contribution in [0.5, 0.6) is 0 Å². The summed E-state index contributed by atoms with van der Waals surface area (Å²) in [6.45, 7) is 2.29. The summed E-state index contributed by atoms with van der Waals surface area (Å²) in [7, 11) is 0. The van der Waals surface area contributed by atoms with Gasteiger partial charge < -0.3 is 0 Å². The van der Waals surface area contributed by atoms with Crippen LogP contribution in [0.4, 0.5) is 5.69 Å². The van der Waals surface area contributed by atoms with Gasteiger partial charge in [-0.05, 0) is 73.5 Å². The van der Waals surface area contributed by atoms with Gasteiger partial charge in [-0.15, -0.1) is 0 Å². The quantitative estimate of drug-likeness (QED) is 0.173. The predicted octanol–water partition coefficient (Wildman–Crippen LogP) is 9.68. The van der Waals surface area contributed by atoms with Crippen molar-refractivity contribution in [1.82, 2.24) is 4.98 Å². The first kappa shape index (κ1) is 24.8. The van der Waals surface area contributed by atoms with E-state index >= 15 is 0 Å². The molecule has 1 aromatic heterocycles. The van der Waals surface area contributed by atoms with E-state index in [1.165, 1.54) is 95.5 Å². The molecule has 0 radical (unpaired) electrons. The lowest BCUT2D eigenvalue weighted by Gasteiger charge is -2.28. The molecule has 0 unspecified atom stereocenters. The average Bonchev–Trinajstić information content (AvgIpc) is 2.84. The maximum Gasteiger partial charge on any atom is 0.0740 e. The van der Waals surface area contributed by atoms with Gasteiger partial charge in [0, 0.05) is 11.8 Å². The van der Waals surface area contributed by atoms with Crippen molar-refractivity contribution in [3.8, 4) is 11.3 Å². The Hall–Kier alpha value is -1.83.